The van der Waals surface area contributed by atoms with E-state index in [1.165, 1.54) is 0 Å². The van der Waals surface area contributed by atoms with Crippen LogP contribution >= 0.6 is 8.53 Å². The third-order valence-electron chi connectivity index (χ3n) is 8.72. The zero-order chi connectivity index (χ0) is 39.5. The standard InChI is InChI=1S/C45H57N2O6P/c1-7-9-11-16-31-48-41-25-21-39(22-26-41)45(38-19-14-13-15-20-38,40-23-27-42(28-24-40)49-32-17-12-10-8-2)51-35-44-43(29-34-50-44)53-54(52-33-18-30-46)47(36(3)4)37(5)6/h7-15,19-28,36-37,43-44H,1-2,16-18,29,31-35H2,3-6H3/b11-9+,12-10+/t43-,44-,54?/m1/s1/i34T/t34-,43+,44+,54?/m0. The van der Waals surface area contributed by atoms with E-state index in [1.807, 2.05) is 91.0 Å². The molecule has 9 heteroatoms. The minimum absolute atomic E-state index is 0.126. The fraction of sp³-hybridized carbons (Fsp3) is 0.400. The van der Waals surface area contributed by atoms with Crippen LogP contribution in [0.3, 0.4) is 0 Å². The highest BCUT2D eigenvalue weighted by molar-refractivity contribution is 7.44. The Labute approximate surface area is 326 Å². The molecular weight excluding hydrogens is 695 g/mol. The van der Waals surface area contributed by atoms with Crippen LogP contribution < -0.4 is 9.47 Å². The molecule has 3 aromatic carbocycles. The largest absolute Gasteiger partial charge is 0.493 e. The van der Waals surface area contributed by atoms with Crippen LogP contribution in [0.4, 0.5) is 0 Å². The van der Waals surface area contributed by atoms with Gasteiger partial charge in [0, 0.05) is 25.1 Å². The van der Waals surface area contributed by atoms with Gasteiger partial charge in [0.1, 0.15) is 23.2 Å². The van der Waals surface area contributed by atoms with Crippen molar-refractivity contribution in [3.8, 4) is 17.6 Å². The highest BCUT2D eigenvalue weighted by Crippen LogP contribution is 2.49. The molecule has 0 aromatic heterocycles. The molecule has 0 spiro atoms. The summed E-state index contributed by atoms with van der Waals surface area (Å²) in [6, 6.07) is 28.6. The molecule has 0 bridgehead atoms. The van der Waals surface area contributed by atoms with Crippen molar-refractivity contribution >= 4 is 8.53 Å². The first-order valence-corrected chi connectivity index (χ1v) is 19.9. The van der Waals surface area contributed by atoms with Crippen molar-refractivity contribution in [1.82, 2.24) is 4.67 Å². The predicted molar refractivity (Wildman–Crippen MR) is 219 cm³/mol. The van der Waals surface area contributed by atoms with E-state index in [4.69, 9.17) is 29.4 Å². The third-order valence-corrected chi connectivity index (χ3v) is 10.9. The lowest BCUT2D eigenvalue weighted by Crippen LogP contribution is -2.39. The van der Waals surface area contributed by atoms with Gasteiger partial charge < -0.3 is 28.0 Å². The smallest absolute Gasteiger partial charge is 0.259 e. The summed E-state index contributed by atoms with van der Waals surface area (Å²) < 4.78 is 49.4. The Bertz CT molecular complexity index is 1600. The number of allylic oxidation sites excluding steroid dienone is 4. The molecule has 1 heterocycles. The van der Waals surface area contributed by atoms with Gasteiger partial charge in [-0.1, -0.05) is 104 Å². The van der Waals surface area contributed by atoms with Crippen molar-refractivity contribution in [2.45, 2.75) is 83.3 Å². The van der Waals surface area contributed by atoms with Crippen molar-refractivity contribution in [1.29, 1.82) is 5.26 Å². The van der Waals surface area contributed by atoms with Gasteiger partial charge >= 0.3 is 0 Å². The fourth-order valence-corrected chi connectivity index (χ4v) is 8.02. The normalized spacial score (nSPS) is 18.3. The molecule has 0 radical (unpaired) electrons. The van der Waals surface area contributed by atoms with E-state index >= 15 is 0 Å². The SMILES string of the molecule is [3H][C@H]1C[C@@H](OP(OCCC#N)N(C(C)C)C(C)C)[C@@H](COC(c2ccccc2)(c2ccc(OCC/C=C/C=C)cc2)c2ccc(OCC/C=C/C=C)cc2)O1. The summed E-state index contributed by atoms with van der Waals surface area (Å²) in [5.74, 6) is 1.50. The van der Waals surface area contributed by atoms with Crippen LogP contribution in [-0.4, -0.2) is 62.0 Å². The summed E-state index contributed by atoms with van der Waals surface area (Å²) in [5, 5.41) is 9.23. The zero-order valence-electron chi connectivity index (χ0n) is 33.2. The second-order valence-corrected chi connectivity index (χ2v) is 14.7. The summed E-state index contributed by atoms with van der Waals surface area (Å²) >= 11 is 0. The summed E-state index contributed by atoms with van der Waals surface area (Å²) in [6.07, 6.45) is 12.5. The third kappa shape index (κ3) is 12.2. The average molecular weight is 755 g/mol. The van der Waals surface area contributed by atoms with Gasteiger partial charge in [0.15, 0.2) is 0 Å². The lowest BCUT2D eigenvalue weighted by Gasteiger charge is -2.39. The van der Waals surface area contributed by atoms with Crippen LogP contribution in [0, 0.1) is 11.3 Å². The number of hydrogen-bond acceptors (Lipinski definition) is 8. The van der Waals surface area contributed by atoms with Gasteiger partial charge in [0.25, 0.3) is 8.53 Å². The van der Waals surface area contributed by atoms with Crippen molar-refractivity contribution in [3.63, 3.8) is 0 Å². The predicted octanol–water partition coefficient (Wildman–Crippen LogP) is 10.5. The van der Waals surface area contributed by atoms with Crippen molar-refractivity contribution in [3.05, 3.63) is 145 Å². The van der Waals surface area contributed by atoms with Crippen molar-refractivity contribution in [2.75, 3.05) is 33.0 Å². The molecular formula is C45H57N2O6P. The maximum absolute atomic E-state index is 9.23. The molecule has 3 aromatic rings. The maximum Gasteiger partial charge on any atom is 0.259 e. The first kappa shape index (κ1) is 41.1. The van der Waals surface area contributed by atoms with E-state index in [9.17, 15) is 5.26 Å². The molecule has 4 rings (SSSR count). The van der Waals surface area contributed by atoms with Crippen LogP contribution in [0.1, 0.15) is 71.4 Å². The Hall–Kier alpha value is -4.06. The minimum Gasteiger partial charge on any atom is -0.493 e. The Morgan fingerprint density at radius 3 is 1.89 bits per heavy atom. The van der Waals surface area contributed by atoms with E-state index in [0.29, 0.717) is 19.6 Å². The monoisotopic (exact) mass is 754 g/mol. The highest BCUT2D eigenvalue weighted by atomic mass is 31.2. The highest BCUT2D eigenvalue weighted by Gasteiger charge is 2.42. The number of hydrogen-bond donors (Lipinski definition) is 0. The van der Waals surface area contributed by atoms with Crippen LogP contribution in [0.15, 0.2) is 128 Å². The number of nitriles is 1. The molecule has 1 aliphatic heterocycles. The second kappa shape index (κ2) is 23.0. The number of nitrogens with zero attached hydrogens (tertiary/aromatic N) is 2. The van der Waals surface area contributed by atoms with Crippen molar-refractivity contribution < 1.29 is 29.4 Å². The molecule has 1 fully saturated rings. The number of ether oxygens (including phenoxy) is 4. The molecule has 0 saturated carbocycles. The fourth-order valence-electron chi connectivity index (χ4n) is 6.26. The lowest BCUT2D eigenvalue weighted by molar-refractivity contribution is -0.0673. The molecule has 0 N–H and O–H groups in total. The van der Waals surface area contributed by atoms with E-state index in [0.717, 1.165) is 41.0 Å². The van der Waals surface area contributed by atoms with E-state index in [1.54, 1.807) is 12.2 Å². The van der Waals surface area contributed by atoms with E-state index in [2.05, 4.69) is 63.7 Å². The minimum atomic E-state index is -1.55. The molecule has 4 atom stereocenters. The molecule has 0 aliphatic carbocycles. The summed E-state index contributed by atoms with van der Waals surface area (Å²) in [7, 11) is -1.55. The van der Waals surface area contributed by atoms with Gasteiger partial charge in [-0.2, -0.15) is 5.26 Å². The lowest BCUT2D eigenvalue weighted by atomic mass is 9.80. The van der Waals surface area contributed by atoms with Gasteiger partial charge in [-0.05, 0) is 81.5 Å². The molecule has 1 saturated heterocycles. The Morgan fingerprint density at radius 1 is 0.852 bits per heavy atom. The van der Waals surface area contributed by atoms with Crippen LogP contribution in [-0.2, 0) is 24.1 Å². The molecule has 54 heavy (non-hydrogen) atoms. The Morgan fingerprint density at radius 2 is 1.39 bits per heavy atom. The summed E-state index contributed by atoms with van der Waals surface area (Å²) in [4.78, 5) is 0. The average Bonchev–Trinajstić information content (AvgIpc) is 3.54. The van der Waals surface area contributed by atoms with Crippen LogP contribution in [0.5, 0.6) is 11.5 Å². The summed E-state index contributed by atoms with van der Waals surface area (Å²) in [6.45, 7) is 16.5. The van der Waals surface area contributed by atoms with Gasteiger partial charge in [-0.15, -0.1) is 0 Å². The van der Waals surface area contributed by atoms with Gasteiger partial charge in [-0.3, -0.25) is 0 Å². The molecule has 1 unspecified atom stereocenters. The Kier molecular flexibility index (Phi) is 17.5. The number of rotatable bonds is 24. The molecule has 1 aliphatic rings. The Balaban J connectivity index is 1.71. The van der Waals surface area contributed by atoms with E-state index in [-0.39, 0.29) is 31.7 Å². The van der Waals surface area contributed by atoms with Crippen molar-refractivity contribution in [2.24, 2.45) is 0 Å². The first-order valence-electron chi connectivity index (χ1n) is 19.3. The molecule has 0 amide bonds. The quantitative estimate of drug-likeness (QED) is 0.0387. The topological polar surface area (TPSA) is 82.4 Å². The van der Waals surface area contributed by atoms with Gasteiger partial charge in [0.2, 0.25) is 0 Å². The zero-order valence-corrected chi connectivity index (χ0v) is 33.1. The van der Waals surface area contributed by atoms with Crippen LogP contribution in [0.25, 0.3) is 0 Å². The summed E-state index contributed by atoms with van der Waals surface area (Å²) in [5.41, 5.74) is 1.63. The van der Waals surface area contributed by atoms with Gasteiger partial charge in [0.05, 0.1) is 46.4 Å². The van der Waals surface area contributed by atoms with E-state index < -0.39 is 32.9 Å². The van der Waals surface area contributed by atoms with Gasteiger partial charge in [-0.25, -0.2) is 4.67 Å². The first-order chi connectivity index (χ1) is 26.7. The molecule has 288 valence electrons. The number of benzene rings is 3. The second-order valence-electron chi connectivity index (χ2n) is 13.3. The maximum atomic E-state index is 9.23. The molecule has 8 nitrogen and oxygen atoms in total. The van der Waals surface area contributed by atoms with Crippen LogP contribution in [0.2, 0.25) is 0 Å².